The molecule has 0 aliphatic heterocycles. The zero-order valence-corrected chi connectivity index (χ0v) is 36.8. The first-order valence-electron chi connectivity index (χ1n) is 20.9. The first-order valence-corrected chi connectivity index (χ1v) is 20.9. The van der Waals surface area contributed by atoms with Gasteiger partial charge in [-0.3, -0.25) is 9.55 Å². The number of fused-ring (bicyclic) bond motifs is 2. The zero-order chi connectivity index (χ0) is 42.2. The molecule has 4 heteroatoms. The number of hydrogen-bond acceptors (Lipinski definition) is 3. The number of imidazole rings is 1. The molecule has 0 fully saturated rings. The van der Waals surface area contributed by atoms with Crippen LogP contribution < -0.4 is 0 Å². The van der Waals surface area contributed by atoms with Crippen molar-refractivity contribution in [2.45, 2.75) is 99.3 Å². The summed E-state index contributed by atoms with van der Waals surface area (Å²) in [5, 5.41) is 12.9. The molecule has 8 aromatic rings. The van der Waals surface area contributed by atoms with Crippen molar-refractivity contribution in [3.8, 4) is 56.2 Å². The maximum absolute atomic E-state index is 11.7. The van der Waals surface area contributed by atoms with E-state index < -0.39 is 0 Å². The van der Waals surface area contributed by atoms with Crippen LogP contribution in [0.15, 0.2) is 121 Å². The number of hydrogen-bond donors (Lipinski definition) is 1. The Morgan fingerprint density at radius 3 is 1.71 bits per heavy atom. The number of aryl methyl sites for hydroxylation is 3. The van der Waals surface area contributed by atoms with Gasteiger partial charge in [-0.25, -0.2) is 4.98 Å². The Morgan fingerprint density at radius 1 is 0.492 bits per heavy atom. The molecule has 0 saturated heterocycles. The summed E-state index contributed by atoms with van der Waals surface area (Å²) in [7, 11) is 0. The van der Waals surface area contributed by atoms with Crippen LogP contribution in [0.2, 0.25) is 0 Å². The van der Waals surface area contributed by atoms with Crippen LogP contribution in [0.25, 0.3) is 72.4 Å². The normalized spacial score (nSPS) is 12.5. The molecule has 4 nitrogen and oxygen atoms in total. The monoisotopic (exact) mass is 775 g/mol. The van der Waals surface area contributed by atoms with Gasteiger partial charge in [-0.2, -0.15) is 0 Å². The molecular weight excluding hydrogens is 719 g/mol. The standard InChI is InChI=1S/C55H57N3O/c1-33-24-34(2)26-38(25-33)39-30-44(37-15-13-14-36(29-37)43-27-35(3)28-45-47(55(10,11)12)22-23-56-50(43)45)51-48(31-39)58(42-19-16-40(17-20-42)53(4,5)6)52(57-51)46-32-41(54(7,8)9)18-21-49(46)59/h13-32,59H,1-12H3. The highest BCUT2D eigenvalue weighted by Crippen LogP contribution is 2.43. The number of benzene rings is 6. The van der Waals surface area contributed by atoms with Gasteiger partial charge in [-0.05, 0) is 142 Å². The van der Waals surface area contributed by atoms with E-state index in [9.17, 15) is 5.11 Å². The molecule has 0 aliphatic rings. The number of phenols is 1. The molecular formula is C55H57N3O. The number of phenolic OH excluding ortho intramolecular Hbond substituents is 1. The van der Waals surface area contributed by atoms with Crippen molar-refractivity contribution in [2.75, 3.05) is 0 Å². The van der Waals surface area contributed by atoms with Gasteiger partial charge in [0.05, 0.1) is 22.1 Å². The van der Waals surface area contributed by atoms with Gasteiger partial charge in [0.25, 0.3) is 0 Å². The highest BCUT2D eigenvalue weighted by molar-refractivity contribution is 6.01. The second-order valence-electron chi connectivity index (χ2n) is 19.7. The summed E-state index contributed by atoms with van der Waals surface area (Å²) in [5.41, 5.74) is 18.3. The number of aromatic nitrogens is 3. The predicted octanol–water partition coefficient (Wildman–Crippen LogP) is 14.8. The Balaban J connectivity index is 1.46. The summed E-state index contributed by atoms with van der Waals surface area (Å²) in [6.45, 7) is 26.6. The van der Waals surface area contributed by atoms with Gasteiger partial charge in [-0.1, -0.05) is 128 Å². The van der Waals surface area contributed by atoms with Crippen molar-refractivity contribution in [1.29, 1.82) is 0 Å². The lowest BCUT2D eigenvalue weighted by atomic mass is 9.83. The lowest BCUT2D eigenvalue weighted by molar-refractivity contribution is 0.475. The molecule has 0 radical (unpaired) electrons. The summed E-state index contributed by atoms with van der Waals surface area (Å²) < 4.78 is 2.24. The van der Waals surface area contributed by atoms with E-state index in [0.717, 1.165) is 61.2 Å². The molecule has 2 aromatic heterocycles. The molecule has 6 aromatic carbocycles. The first-order chi connectivity index (χ1) is 27.8. The minimum Gasteiger partial charge on any atom is -0.507 e. The van der Waals surface area contributed by atoms with E-state index in [1.54, 1.807) is 0 Å². The Kier molecular flexibility index (Phi) is 9.70. The van der Waals surface area contributed by atoms with Crippen molar-refractivity contribution in [3.63, 3.8) is 0 Å². The lowest BCUT2D eigenvalue weighted by Gasteiger charge is -2.22. The fraction of sp³-hybridized carbons (Fsp3) is 0.273. The van der Waals surface area contributed by atoms with Crippen LogP contribution in [0.5, 0.6) is 5.75 Å². The van der Waals surface area contributed by atoms with Crippen LogP contribution in [0.4, 0.5) is 0 Å². The van der Waals surface area contributed by atoms with E-state index in [2.05, 4.69) is 191 Å². The Morgan fingerprint density at radius 2 is 1.08 bits per heavy atom. The van der Waals surface area contributed by atoms with Gasteiger partial charge >= 0.3 is 0 Å². The molecule has 0 atom stereocenters. The molecule has 298 valence electrons. The average Bonchev–Trinajstić information content (AvgIpc) is 3.55. The van der Waals surface area contributed by atoms with E-state index in [1.165, 1.54) is 33.2 Å². The Labute approximate surface area is 350 Å². The third-order valence-electron chi connectivity index (χ3n) is 11.7. The number of aromatic hydroxyl groups is 1. The Bertz CT molecular complexity index is 2890. The zero-order valence-electron chi connectivity index (χ0n) is 36.8. The molecule has 0 unspecified atom stereocenters. The fourth-order valence-electron chi connectivity index (χ4n) is 8.57. The first kappa shape index (κ1) is 39.8. The summed E-state index contributed by atoms with van der Waals surface area (Å²) >= 11 is 0. The quantitative estimate of drug-likeness (QED) is 0.189. The maximum atomic E-state index is 11.7. The summed E-state index contributed by atoms with van der Waals surface area (Å²) in [6, 6.07) is 41.7. The minimum absolute atomic E-state index is 0.00148. The van der Waals surface area contributed by atoms with Gasteiger partial charge in [0.1, 0.15) is 11.6 Å². The van der Waals surface area contributed by atoms with Crippen molar-refractivity contribution in [3.05, 3.63) is 155 Å². The summed E-state index contributed by atoms with van der Waals surface area (Å²) in [5.74, 6) is 0.901. The molecule has 0 bridgehead atoms. The van der Waals surface area contributed by atoms with Gasteiger partial charge < -0.3 is 5.11 Å². The van der Waals surface area contributed by atoms with Crippen LogP contribution in [-0.2, 0) is 16.2 Å². The smallest absolute Gasteiger partial charge is 0.149 e. The van der Waals surface area contributed by atoms with Gasteiger partial charge in [0.15, 0.2) is 0 Å². The Hall–Kier alpha value is -6.00. The molecule has 8 rings (SSSR count). The fourth-order valence-corrected chi connectivity index (χ4v) is 8.57. The van der Waals surface area contributed by atoms with Crippen molar-refractivity contribution >= 4 is 21.9 Å². The number of pyridine rings is 1. The second-order valence-corrected chi connectivity index (χ2v) is 19.7. The van der Waals surface area contributed by atoms with E-state index in [4.69, 9.17) is 9.97 Å². The third-order valence-corrected chi connectivity index (χ3v) is 11.7. The molecule has 0 amide bonds. The number of rotatable bonds is 5. The highest BCUT2D eigenvalue weighted by Gasteiger charge is 2.25. The van der Waals surface area contributed by atoms with E-state index >= 15 is 0 Å². The summed E-state index contributed by atoms with van der Waals surface area (Å²) in [4.78, 5) is 10.5. The molecule has 2 heterocycles. The van der Waals surface area contributed by atoms with Crippen LogP contribution in [0.1, 0.15) is 95.7 Å². The van der Waals surface area contributed by atoms with Crippen molar-refractivity contribution in [1.82, 2.24) is 14.5 Å². The van der Waals surface area contributed by atoms with Crippen LogP contribution in [0.3, 0.4) is 0 Å². The van der Waals surface area contributed by atoms with Crippen molar-refractivity contribution < 1.29 is 5.11 Å². The largest absolute Gasteiger partial charge is 0.507 e. The van der Waals surface area contributed by atoms with Gasteiger partial charge in [0.2, 0.25) is 0 Å². The highest BCUT2D eigenvalue weighted by atomic mass is 16.3. The molecule has 59 heavy (non-hydrogen) atoms. The second kappa shape index (κ2) is 14.4. The molecule has 0 saturated carbocycles. The van der Waals surface area contributed by atoms with Crippen LogP contribution in [0, 0.1) is 20.8 Å². The van der Waals surface area contributed by atoms with Crippen molar-refractivity contribution in [2.24, 2.45) is 0 Å². The average molecular weight is 776 g/mol. The van der Waals surface area contributed by atoms with E-state index in [-0.39, 0.29) is 22.0 Å². The van der Waals surface area contributed by atoms with Crippen LogP contribution >= 0.6 is 0 Å². The minimum atomic E-state index is -0.127. The van der Waals surface area contributed by atoms with E-state index in [1.807, 2.05) is 18.3 Å². The predicted molar refractivity (Wildman–Crippen MR) is 250 cm³/mol. The summed E-state index contributed by atoms with van der Waals surface area (Å²) in [6.07, 6.45) is 1.95. The SMILES string of the molecule is Cc1cc(C)cc(-c2cc(-c3cccc(-c4cc(C)cc5c(C(C)(C)C)ccnc45)c3)c3nc(-c4cc(C(C)(C)C)ccc4O)n(-c4ccc(C(C)(C)C)cc4)c3c2)c1. The van der Waals surface area contributed by atoms with Crippen LogP contribution in [-0.4, -0.2) is 19.6 Å². The van der Waals surface area contributed by atoms with E-state index in [0.29, 0.717) is 11.4 Å². The molecule has 0 spiro atoms. The van der Waals surface area contributed by atoms with Gasteiger partial charge in [0, 0.05) is 28.4 Å². The number of nitrogens with zero attached hydrogens (tertiary/aromatic N) is 3. The van der Waals surface area contributed by atoms with Gasteiger partial charge in [-0.15, -0.1) is 0 Å². The third kappa shape index (κ3) is 7.58. The lowest BCUT2D eigenvalue weighted by Crippen LogP contribution is -2.12. The maximum Gasteiger partial charge on any atom is 0.149 e. The molecule has 1 N–H and O–H groups in total. The topological polar surface area (TPSA) is 50.9 Å². The molecule has 0 aliphatic carbocycles.